The maximum atomic E-state index is 11.5. The molecule has 0 unspecified atom stereocenters. The number of alkyl carbamates (subject to hydrolysis) is 1. The zero-order valence-corrected chi connectivity index (χ0v) is 16.9. The van der Waals surface area contributed by atoms with Crippen LogP contribution < -0.4 is 15.5 Å². The third-order valence-electron chi connectivity index (χ3n) is 3.88. The normalized spacial score (nSPS) is 12.5. The van der Waals surface area contributed by atoms with Crippen LogP contribution in [0.15, 0.2) is 24.3 Å². The topological polar surface area (TPSA) is 77.0 Å². The molecule has 1 amide bonds. The minimum atomic E-state index is -0.965. The first kappa shape index (κ1) is 22.3. The molecule has 0 heterocycles. The van der Waals surface area contributed by atoms with E-state index in [1.54, 1.807) is 21.3 Å². The third kappa shape index (κ3) is 8.10. The van der Waals surface area contributed by atoms with Crippen LogP contribution in [-0.2, 0) is 9.39 Å². The van der Waals surface area contributed by atoms with Crippen molar-refractivity contribution >= 4 is 19.0 Å². The standard InChI is InChI=1S/C19H31BNO5/c1-17(2,3)25-16(22)21-12-13-24-15-10-8-14(9-11-15)20-26-19(6,7)18(4,5)23/h8-11,23H,12-13H2,1-7H3,(H,21,22). The molecule has 0 aliphatic carbocycles. The van der Waals surface area contributed by atoms with Gasteiger partial charge in [0, 0.05) is 0 Å². The number of hydrogen-bond donors (Lipinski definition) is 2. The molecule has 0 saturated carbocycles. The first-order valence-corrected chi connectivity index (χ1v) is 8.73. The van der Waals surface area contributed by atoms with Crippen molar-refractivity contribution in [1.29, 1.82) is 0 Å². The predicted molar refractivity (Wildman–Crippen MR) is 103 cm³/mol. The molecule has 0 saturated heterocycles. The van der Waals surface area contributed by atoms with Gasteiger partial charge in [0.25, 0.3) is 0 Å². The second kappa shape index (κ2) is 8.78. The van der Waals surface area contributed by atoms with Crippen LogP contribution in [0.5, 0.6) is 5.75 Å². The van der Waals surface area contributed by atoms with Gasteiger partial charge in [-0.2, -0.15) is 0 Å². The first-order chi connectivity index (χ1) is 11.8. The smallest absolute Gasteiger partial charge is 0.407 e. The molecule has 7 heteroatoms. The van der Waals surface area contributed by atoms with Crippen molar-refractivity contribution in [3.05, 3.63) is 24.3 Å². The predicted octanol–water partition coefficient (Wildman–Crippen LogP) is 2.40. The lowest BCUT2D eigenvalue weighted by atomic mass is 9.82. The molecule has 1 aromatic carbocycles. The molecule has 1 rings (SSSR count). The van der Waals surface area contributed by atoms with Gasteiger partial charge in [-0.25, -0.2) is 4.79 Å². The van der Waals surface area contributed by atoms with E-state index in [-0.39, 0.29) is 0 Å². The molecule has 0 aliphatic rings. The first-order valence-electron chi connectivity index (χ1n) is 8.73. The highest BCUT2D eigenvalue weighted by molar-refractivity contribution is 6.47. The van der Waals surface area contributed by atoms with Crippen molar-refractivity contribution in [2.75, 3.05) is 13.2 Å². The Bertz CT molecular complexity index is 573. The number of hydrogen-bond acceptors (Lipinski definition) is 5. The highest BCUT2D eigenvalue weighted by Crippen LogP contribution is 2.24. The minimum absolute atomic E-state index is 0.338. The summed E-state index contributed by atoms with van der Waals surface area (Å²) < 4.78 is 16.4. The summed E-state index contributed by atoms with van der Waals surface area (Å²) in [6.07, 6.45) is -0.461. The summed E-state index contributed by atoms with van der Waals surface area (Å²) in [5.74, 6) is 0.690. The SMILES string of the molecule is CC(C)(C)OC(=O)NCCOc1ccc([B]OC(C)(C)C(C)(C)O)cc1. The highest BCUT2D eigenvalue weighted by Gasteiger charge is 2.35. The zero-order chi connectivity index (χ0) is 20.0. The molecular formula is C19H31BNO5. The molecular weight excluding hydrogens is 333 g/mol. The van der Waals surface area contributed by atoms with Gasteiger partial charge in [-0.15, -0.1) is 0 Å². The lowest BCUT2D eigenvalue weighted by Crippen LogP contribution is -2.49. The van der Waals surface area contributed by atoms with Crippen molar-refractivity contribution in [1.82, 2.24) is 5.32 Å². The maximum Gasteiger partial charge on any atom is 0.407 e. The van der Waals surface area contributed by atoms with Gasteiger partial charge in [0.2, 0.25) is 0 Å². The maximum absolute atomic E-state index is 11.5. The van der Waals surface area contributed by atoms with Crippen LogP contribution in [0.1, 0.15) is 48.5 Å². The molecule has 0 spiro atoms. The number of carbonyl (C=O) groups excluding carboxylic acids is 1. The van der Waals surface area contributed by atoms with Crippen molar-refractivity contribution in [3.63, 3.8) is 0 Å². The molecule has 1 aromatic rings. The molecule has 0 aliphatic heterocycles. The zero-order valence-electron chi connectivity index (χ0n) is 16.9. The Morgan fingerprint density at radius 1 is 1.08 bits per heavy atom. The number of carbonyl (C=O) groups is 1. The molecule has 26 heavy (non-hydrogen) atoms. The summed E-state index contributed by atoms with van der Waals surface area (Å²) in [7, 11) is 1.62. The fourth-order valence-electron chi connectivity index (χ4n) is 1.64. The van der Waals surface area contributed by atoms with Gasteiger partial charge in [0.1, 0.15) is 18.0 Å². The Hall–Kier alpha value is -1.73. The average Bonchev–Trinajstić information content (AvgIpc) is 2.48. The monoisotopic (exact) mass is 364 g/mol. The van der Waals surface area contributed by atoms with Gasteiger partial charge in [-0.3, -0.25) is 0 Å². The second-order valence-corrected chi connectivity index (χ2v) is 8.15. The van der Waals surface area contributed by atoms with Gasteiger partial charge in [-0.05, 0) is 60.6 Å². The van der Waals surface area contributed by atoms with Crippen LogP contribution >= 0.6 is 0 Å². The molecule has 0 atom stereocenters. The van der Waals surface area contributed by atoms with E-state index in [2.05, 4.69) is 5.32 Å². The van der Waals surface area contributed by atoms with E-state index in [0.717, 1.165) is 5.46 Å². The van der Waals surface area contributed by atoms with Gasteiger partial charge in [-0.1, -0.05) is 17.6 Å². The average molecular weight is 364 g/mol. The quantitative estimate of drug-likeness (QED) is 0.547. The van der Waals surface area contributed by atoms with Gasteiger partial charge < -0.3 is 24.6 Å². The van der Waals surface area contributed by atoms with Gasteiger partial charge >= 0.3 is 13.6 Å². The van der Waals surface area contributed by atoms with Crippen molar-refractivity contribution in [2.24, 2.45) is 0 Å². The number of benzene rings is 1. The Morgan fingerprint density at radius 3 is 2.15 bits per heavy atom. The highest BCUT2D eigenvalue weighted by atomic mass is 16.6. The van der Waals surface area contributed by atoms with Gasteiger partial charge in [0.15, 0.2) is 0 Å². The summed E-state index contributed by atoms with van der Waals surface area (Å²) >= 11 is 0. The van der Waals surface area contributed by atoms with Crippen LogP contribution in [0.4, 0.5) is 4.79 Å². The molecule has 0 fully saturated rings. The largest absolute Gasteiger partial charge is 0.492 e. The summed E-state index contributed by atoms with van der Waals surface area (Å²) in [5, 5.41) is 12.7. The number of nitrogens with one attached hydrogen (secondary N) is 1. The van der Waals surface area contributed by atoms with E-state index in [1.165, 1.54) is 0 Å². The Kier molecular flexibility index (Phi) is 7.53. The fourth-order valence-corrected chi connectivity index (χ4v) is 1.64. The van der Waals surface area contributed by atoms with E-state index in [0.29, 0.717) is 18.9 Å². The molecule has 1 radical (unpaired) electrons. The van der Waals surface area contributed by atoms with Crippen LogP contribution in [-0.4, -0.2) is 48.6 Å². The molecule has 0 bridgehead atoms. The van der Waals surface area contributed by atoms with Gasteiger partial charge in [0.05, 0.1) is 17.7 Å². The van der Waals surface area contributed by atoms with E-state index in [9.17, 15) is 9.90 Å². The second-order valence-electron chi connectivity index (χ2n) is 8.15. The number of rotatable bonds is 8. The third-order valence-corrected chi connectivity index (χ3v) is 3.88. The lowest BCUT2D eigenvalue weighted by Gasteiger charge is -2.37. The number of aliphatic hydroxyl groups is 1. The van der Waals surface area contributed by atoms with Crippen molar-refractivity contribution < 1.29 is 24.0 Å². The van der Waals surface area contributed by atoms with E-state index >= 15 is 0 Å². The summed E-state index contributed by atoms with van der Waals surface area (Å²) in [6, 6.07) is 7.35. The minimum Gasteiger partial charge on any atom is -0.492 e. The number of ether oxygens (including phenoxy) is 2. The summed E-state index contributed by atoms with van der Waals surface area (Å²) in [4.78, 5) is 11.5. The van der Waals surface area contributed by atoms with E-state index < -0.39 is 22.9 Å². The van der Waals surface area contributed by atoms with E-state index in [1.807, 2.05) is 58.9 Å². The molecule has 6 nitrogen and oxygen atoms in total. The summed E-state index contributed by atoms with van der Waals surface area (Å²) in [5.41, 5.74) is -1.33. The lowest BCUT2D eigenvalue weighted by molar-refractivity contribution is -0.0893. The Labute approximate surface area is 157 Å². The molecule has 2 N–H and O–H groups in total. The fraction of sp³-hybridized carbons (Fsp3) is 0.632. The molecule has 145 valence electrons. The Balaban J connectivity index is 2.36. The molecule has 0 aromatic heterocycles. The van der Waals surface area contributed by atoms with Crippen LogP contribution in [0.25, 0.3) is 0 Å². The van der Waals surface area contributed by atoms with Crippen molar-refractivity contribution in [2.45, 2.75) is 65.3 Å². The Morgan fingerprint density at radius 2 is 1.65 bits per heavy atom. The number of amides is 1. The van der Waals surface area contributed by atoms with E-state index in [4.69, 9.17) is 14.1 Å². The van der Waals surface area contributed by atoms with Crippen LogP contribution in [0.3, 0.4) is 0 Å². The van der Waals surface area contributed by atoms with Crippen LogP contribution in [0, 0.1) is 0 Å². The van der Waals surface area contributed by atoms with Crippen molar-refractivity contribution in [3.8, 4) is 5.75 Å². The summed E-state index contributed by atoms with van der Waals surface area (Å²) in [6.45, 7) is 13.2. The van der Waals surface area contributed by atoms with Crippen LogP contribution in [0.2, 0.25) is 0 Å².